The number of nitrogens with one attached hydrogen (secondary N) is 1. The summed E-state index contributed by atoms with van der Waals surface area (Å²) in [6, 6.07) is 9.12. The van der Waals surface area contributed by atoms with Gasteiger partial charge in [-0.15, -0.1) is 10.2 Å². The van der Waals surface area contributed by atoms with Gasteiger partial charge < -0.3 is 10.2 Å². The van der Waals surface area contributed by atoms with E-state index in [2.05, 4.69) is 15.5 Å². The van der Waals surface area contributed by atoms with Crippen LogP contribution in [0.25, 0.3) is 0 Å². The van der Waals surface area contributed by atoms with Gasteiger partial charge in [0.25, 0.3) is 5.91 Å². The second-order valence-electron chi connectivity index (χ2n) is 5.69. The molecule has 5 nitrogen and oxygen atoms in total. The lowest BCUT2D eigenvalue weighted by Crippen LogP contribution is -2.36. The summed E-state index contributed by atoms with van der Waals surface area (Å²) in [7, 11) is 0. The Bertz CT molecular complexity index is 696. The molecule has 0 aliphatic carbocycles. The van der Waals surface area contributed by atoms with Crippen molar-refractivity contribution in [3.8, 4) is 0 Å². The van der Waals surface area contributed by atoms with E-state index < -0.39 is 0 Å². The topological polar surface area (TPSA) is 58.1 Å². The maximum atomic E-state index is 12.4. The molecule has 1 aliphatic heterocycles. The monoisotopic (exact) mass is 330 g/mol. The zero-order valence-corrected chi connectivity index (χ0v) is 13.8. The second-order valence-corrected chi connectivity index (χ2v) is 6.10. The van der Waals surface area contributed by atoms with Crippen LogP contribution < -0.4 is 5.32 Å². The summed E-state index contributed by atoms with van der Waals surface area (Å²) < 4.78 is 0. The molecular weight excluding hydrogens is 312 g/mol. The minimum atomic E-state index is -0.0392. The molecule has 6 heteroatoms. The molecule has 1 aromatic heterocycles. The molecule has 0 radical (unpaired) electrons. The van der Waals surface area contributed by atoms with Gasteiger partial charge in [-0.3, -0.25) is 4.79 Å². The van der Waals surface area contributed by atoms with Crippen molar-refractivity contribution in [3.05, 3.63) is 46.6 Å². The van der Waals surface area contributed by atoms with Gasteiger partial charge in [-0.25, -0.2) is 0 Å². The highest BCUT2D eigenvalue weighted by Gasteiger charge is 2.19. The van der Waals surface area contributed by atoms with E-state index in [1.165, 1.54) is 6.42 Å². The van der Waals surface area contributed by atoms with E-state index in [1.54, 1.807) is 12.1 Å². The first-order valence-electron chi connectivity index (χ1n) is 7.80. The van der Waals surface area contributed by atoms with Gasteiger partial charge in [0.15, 0.2) is 11.5 Å². The molecule has 120 valence electrons. The average molecular weight is 331 g/mol. The Morgan fingerprint density at radius 1 is 1.13 bits per heavy atom. The van der Waals surface area contributed by atoms with E-state index in [4.69, 9.17) is 11.6 Å². The van der Waals surface area contributed by atoms with Gasteiger partial charge >= 0.3 is 0 Å². The van der Waals surface area contributed by atoms with Crippen molar-refractivity contribution in [2.24, 2.45) is 0 Å². The van der Waals surface area contributed by atoms with E-state index in [1.807, 2.05) is 30.0 Å². The number of likely N-dealkylation sites (tertiary alicyclic amines) is 1. The number of aromatic nitrogens is 2. The minimum absolute atomic E-state index is 0.0392. The Hall–Kier alpha value is -2.14. The Morgan fingerprint density at radius 2 is 1.91 bits per heavy atom. The van der Waals surface area contributed by atoms with Gasteiger partial charge in [-0.2, -0.15) is 0 Å². The van der Waals surface area contributed by atoms with Crippen LogP contribution in [0.3, 0.4) is 0 Å². The van der Waals surface area contributed by atoms with Crippen LogP contribution in [-0.4, -0.2) is 34.1 Å². The highest BCUT2D eigenvalue weighted by Crippen LogP contribution is 2.25. The number of carbonyl (C=O) groups is 1. The molecule has 2 aromatic rings. The largest absolute Gasteiger partial charge is 0.338 e. The molecule has 1 aromatic carbocycles. The van der Waals surface area contributed by atoms with Crippen LogP contribution >= 0.6 is 11.6 Å². The number of rotatable bonds is 3. The number of nitrogens with zero attached hydrogens (tertiary/aromatic N) is 3. The first kappa shape index (κ1) is 15.7. The predicted molar refractivity (Wildman–Crippen MR) is 91.3 cm³/mol. The van der Waals surface area contributed by atoms with Crippen molar-refractivity contribution in [3.63, 3.8) is 0 Å². The molecule has 0 unspecified atom stereocenters. The first-order valence-corrected chi connectivity index (χ1v) is 8.18. The molecule has 3 rings (SSSR count). The first-order chi connectivity index (χ1) is 11.1. The lowest BCUT2D eigenvalue weighted by Gasteiger charge is -2.26. The number of benzene rings is 1. The fourth-order valence-electron chi connectivity index (χ4n) is 2.65. The van der Waals surface area contributed by atoms with Crippen molar-refractivity contribution < 1.29 is 4.79 Å². The molecule has 0 spiro atoms. The summed E-state index contributed by atoms with van der Waals surface area (Å²) in [6.45, 7) is 3.55. The molecule has 0 bridgehead atoms. The standard InChI is InChI=1S/C17H19ClN4O/c1-12-13(18)6-5-7-14(12)19-16-9-8-15(20-21-16)17(23)22-10-3-2-4-11-22/h5-9H,2-4,10-11H2,1H3,(H,19,21). The number of amides is 1. The highest BCUT2D eigenvalue weighted by atomic mass is 35.5. The van der Waals surface area contributed by atoms with Gasteiger partial charge in [-0.05, 0) is 56.0 Å². The van der Waals surface area contributed by atoms with Crippen molar-refractivity contribution >= 4 is 29.0 Å². The Morgan fingerprint density at radius 3 is 2.61 bits per heavy atom. The minimum Gasteiger partial charge on any atom is -0.338 e. The van der Waals surface area contributed by atoms with Crippen LogP contribution in [0.5, 0.6) is 0 Å². The van der Waals surface area contributed by atoms with Gasteiger partial charge in [0, 0.05) is 23.8 Å². The number of piperidine rings is 1. The quantitative estimate of drug-likeness (QED) is 0.929. The lowest BCUT2D eigenvalue weighted by molar-refractivity contribution is 0.0717. The predicted octanol–water partition coefficient (Wildman–Crippen LogP) is 3.81. The SMILES string of the molecule is Cc1c(Cl)cccc1Nc1ccc(C(=O)N2CCCCC2)nn1. The van der Waals surface area contributed by atoms with E-state index in [9.17, 15) is 4.79 Å². The van der Waals surface area contributed by atoms with Crippen molar-refractivity contribution in [2.45, 2.75) is 26.2 Å². The van der Waals surface area contributed by atoms with Gasteiger partial charge in [0.1, 0.15) is 0 Å². The maximum absolute atomic E-state index is 12.4. The molecule has 0 atom stereocenters. The molecule has 1 aliphatic rings. The van der Waals surface area contributed by atoms with Crippen LogP contribution in [0.1, 0.15) is 35.3 Å². The molecule has 1 N–H and O–H groups in total. The Balaban J connectivity index is 1.71. The van der Waals surface area contributed by atoms with Gasteiger partial charge in [-0.1, -0.05) is 17.7 Å². The van der Waals surface area contributed by atoms with Crippen LogP contribution in [0.15, 0.2) is 30.3 Å². The molecule has 1 saturated heterocycles. The van der Waals surface area contributed by atoms with Gasteiger partial charge in [0.05, 0.1) is 0 Å². The van der Waals surface area contributed by atoms with Crippen molar-refractivity contribution in [2.75, 3.05) is 18.4 Å². The van der Waals surface area contributed by atoms with E-state index in [-0.39, 0.29) is 5.91 Å². The molecule has 0 saturated carbocycles. The second kappa shape index (κ2) is 6.96. The van der Waals surface area contributed by atoms with E-state index in [0.717, 1.165) is 37.2 Å². The zero-order valence-electron chi connectivity index (χ0n) is 13.1. The maximum Gasteiger partial charge on any atom is 0.274 e. The van der Waals surface area contributed by atoms with Gasteiger partial charge in [0.2, 0.25) is 0 Å². The van der Waals surface area contributed by atoms with E-state index >= 15 is 0 Å². The molecule has 23 heavy (non-hydrogen) atoms. The van der Waals surface area contributed by atoms with Crippen molar-refractivity contribution in [1.82, 2.24) is 15.1 Å². The molecular formula is C17H19ClN4O. The summed E-state index contributed by atoms with van der Waals surface area (Å²) in [5, 5.41) is 12.0. The normalized spacial score (nSPS) is 14.6. The zero-order chi connectivity index (χ0) is 16.2. The average Bonchev–Trinajstić information content (AvgIpc) is 2.60. The third-order valence-electron chi connectivity index (χ3n) is 4.06. The smallest absolute Gasteiger partial charge is 0.274 e. The van der Waals surface area contributed by atoms with Crippen LogP contribution in [0.4, 0.5) is 11.5 Å². The summed E-state index contributed by atoms with van der Waals surface area (Å²) in [5.41, 5.74) is 2.21. The summed E-state index contributed by atoms with van der Waals surface area (Å²) in [6.07, 6.45) is 3.32. The fourth-order valence-corrected chi connectivity index (χ4v) is 2.83. The molecule has 2 heterocycles. The summed E-state index contributed by atoms with van der Waals surface area (Å²) in [4.78, 5) is 14.2. The third-order valence-corrected chi connectivity index (χ3v) is 4.47. The number of halogens is 1. The van der Waals surface area contributed by atoms with E-state index in [0.29, 0.717) is 16.5 Å². The van der Waals surface area contributed by atoms with Crippen LogP contribution in [0.2, 0.25) is 5.02 Å². The summed E-state index contributed by atoms with van der Waals surface area (Å²) >= 11 is 6.11. The van der Waals surface area contributed by atoms with Crippen LogP contribution in [0, 0.1) is 6.92 Å². The highest BCUT2D eigenvalue weighted by molar-refractivity contribution is 6.31. The summed E-state index contributed by atoms with van der Waals surface area (Å²) in [5.74, 6) is 0.549. The van der Waals surface area contributed by atoms with Crippen LogP contribution in [-0.2, 0) is 0 Å². The number of hydrogen-bond donors (Lipinski definition) is 1. The number of hydrogen-bond acceptors (Lipinski definition) is 4. The van der Waals surface area contributed by atoms with Crippen molar-refractivity contribution in [1.29, 1.82) is 0 Å². The molecule has 1 amide bonds. The molecule has 1 fully saturated rings. The lowest BCUT2D eigenvalue weighted by atomic mass is 10.1. The third kappa shape index (κ3) is 3.62. The Labute approximate surface area is 140 Å². The number of carbonyl (C=O) groups excluding carboxylic acids is 1. The Kier molecular flexibility index (Phi) is 4.76. The fraction of sp³-hybridized carbons (Fsp3) is 0.353. The number of anilines is 2.